The predicted molar refractivity (Wildman–Crippen MR) is 71.0 cm³/mol. The lowest BCUT2D eigenvalue weighted by molar-refractivity contribution is 0.209. The van der Waals surface area contributed by atoms with Gasteiger partial charge in [0.05, 0.1) is 0 Å². The molecule has 0 aromatic rings. The molecule has 0 aliphatic carbocycles. The van der Waals surface area contributed by atoms with E-state index in [1.54, 1.807) is 0 Å². The molecule has 2 N–H and O–H groups in total. The summed E-state index contributed by atoms with van der Waals surface area (Å²) in [7, 11) is -0.862. The molecule has 88 valence electrons. The molecule has 0 bridgehead atoms. The Bertz CT molecular complexity index is 177. The summed E-state index contributed by atoms with van der Waals surface area (Å²) in [5.41, 5.74) is 0.835. The van der Waals surface area contributed by atoms with Crippen molar-refractivity contribution in [3.8, 4) is 0 Å². The highest BCUT2D eigenvalue weighted by Gasteiger charge is 2.29. The van der Waals surface area contributed by atoms with E-state index in [4.69, 9.17) is 5.14 Å². The van der Waals surface area contributed by atoms with E-state index in [9.17, 15) is 0 Å². The second kappa shape index (κ2) is 4.44. The summed E-state index contributed by atoms with van der Waals surface area (Å²) in [5, 5.41) is 6.17. The fourth-order valence-electron chi connectivity index (χ4n) is 2.48. The van der Waals surface area contributed by atoms with Crippen molar-refractivity contribution in [3.05, 3.63) is 0 Å². The Labute approximate surface area is 92.3 Å². The number of hydrogen-bond acceptors (Lipinski definition) is 1. The van der Waals surface area contributed by atoms with Crippen molar-refractivity contribution in [1.29, 1.82) is 0 Å². The maximum absolute atomic E-state index is 6.17. The van der Waals surface area contributed by atoms with Gasteiger partial charge in [-0.25, -0.2) is 0 Å². The summed E-state index contributed by atoms with van der Waals surface area (Å²) in [6, 6.07) is 0. The van der Waals surface area contributed by atoms with Crippen LogP contribution < -0.4 is 5.14 Å². The van der Waals surface area contributed by atoms with Crippen molar-refractivity contribution >= 4 is 10.2 Å². The maximum atomic E-state index is 6.17. The third kappa shape index (κ3) is 6.72. The van der Waals surface area contributed by atoms with Gasteiger partial charge in [-0.3, -0.25) is 5.14 Å². The Morgan fingerprint density at radius 2 is 1.43 bits per heavy atom. The first-order valence-electron chi connectivity index (χ1n) is 5.46. The predicted octanol–water partition coefficient (Wildman–Crippen LogP) is 3.78. The van der Waals surface area contributed by atoms with E-state index in [1.165, 1.54) is 18.6 Å². The monoisotopic (exact) mass is 219 g/mol. The number of rotatable bonds is 5. The Balaban J connectivity index is 4.35. The smallest absolute Gasteiger partial charge is 0.00655 e. The first-order valence-corrected chi connectivity index (χ1v) is 8.14. The van der Waals surface area contributed by atoms with Crippen LogP contribution in [0.2, 0.25) is 0 Å². The van der Waals surface area contributed by atoms with Gasteiger partial charge in [0.1, 0.15) is 0 Å². The molecule has 0 atom stereocenters. The highest BCUT2D eigenvalue weighted by atomic mass is 32.3. The van der Waals surface area contributed by atoms with E-state index < -0.39 is 10.2 Å². The second-order valence-electron chi connectivity index (χ2n) is 6.63. The Kier molecular flexibility index (Phi) is 4.54. The van der Waals surface area contributed by atoms with Gasteiger partial charge in [0.2, 0.25) is 0 Å². The molecule has 0 unspecified atom stereocenters. The lowest BCUT2D eigenvalue weighted by atomic mass is 9.75. The van der Waals surface area contributed by atoms with Gasteiger partial charge in [-0.15, -0.1) is 0 Å². The van der Waals surface area contributed by atoms with Crippen molar-refractivity contribution < 1.29 is 0 Å². The van der Waals surface area contributed by atoms with E-state index in [0.717, 1.165) is 0 Å². The van der Waals surface area contributed by atoms with Gasteiger partial charge >= 0.3 is 0 Å². The van der Waals surface area contributed by atoms with E-state index in [-0.39, 0.29) is 0 Å². The molecule has 0 amide bonds. The maximum Gasteiger partial charge on any atom is -0.00655 e. The minimum atomic E-state index is -0.862. The molecular formula is C12H29NS. The van der Waals surface area contributed by atoms with Crippen molar-refractivity contribution in [2.75, 3.05) is 18.3 Å². The minimum absolute atomic E-state index is 0.382. The second-order valence-corrected chi connectivity index (χ2v) is 10.2. The molecule has 0 aliphatic rings. The lowest BCUT2D eigenvalue weighted by Crippen LogP contribution is -2.30. The van der Waals surface area contributed by atoms with Gasteiger partial charge in [-0.2, -0.15) is 10.2 Å². The molecule has 2 heteroatoms. The SMILES string of the molecule is CCC(C)(C)CC(C)(C)CS(C)(C)N. The topological polar surface area (TPSA) is 26.0 Å². The van der Waals surface area contributed by atoms with Crippen LogP contribution in [-0.2, 0) is 0 Å². The van der Waals surface area contributed by atoms with Crippen LogP contribution in [0.15, 0.2) is 0 Å². The molecular weight excluding hydrogens is 190 g/mol. The van der Waals surface area contributed by atoms with Gasteiger partial charge in [-0.1, -0.05) is 41.0 Å². The zero-order valence-corrected chi connectivity index (χ0v) is 11.9. The van der Waals surface area contributed by atoms with Crippen LogP contribution in [0.1, 0.15) is 47.5 Å². The van der Waals surface area contributed by atoms with Crippen LogP contribution >= 0.6 is 10.2 Å². The molecule has 0 aromatic heterocycles. The average molecular weight is 219 g/mol. The fourth-order valence-corrected chi connectivity index (χ4v) is 4.59. The third-order valence-corrected chi connectivity index (χ3v) is 4.20. The summed E-state index contributed by atoms with van der Waals surface area (Å²) >= 11 is 0. The molecule has 0 saturated carbocycles. The molecule has 0 saturated heterocycles. The van der Waals surface area contributed by atoms with Crippen molar-refractivity contribution in [3.63, 3.8) is 0 Å². The fraction of sp³-hybridized carbons (Fsp3) is 1.00. The van der Waals surface area contributed by atoms with Crippen LogP contribution in [0.4, 0.5) is 0 Å². The molecule has 0 aromatic carbocycles. The van der Waals surface area contributed by atoms with Crippen LogP contribution in [0.5, 0.6) is 0 Å². The van der Waals surface area contributed by atoms with E-state index >= 15 is 0 Å². The van der Waals surface area contributed by atoms with E-state index in [2.05, 4.69) is 47.1 Å². The minimum Gasteiger partial charge on any atom is -0.295 e. The van der Waals surface area contributed by atoms with Crippen LogP contribution in [0, 0.1) is 10.8 Å². The van der Waals surface area contributed by atoms with E-state index in [0.29, 0.717) is 10.8 Å². The average Bonchev–Trinajstić information content (AvgIpc) is 1.78. The van der Waals surface area contributed by atoms with Crippen LogP contribution in [0.3, 0.4) is 0 Å². The first kappa shape index (κ1) is 14.3. The number of nitrogens with two attached hydrogens (primary N) is 1. The Morgan fingerprint density at radius 1 is 1.00 bits per heavy atom. The highest BCUT2D eigenvalue weighted by molar-refractivity contribution is 8.30. The number of hydrogen-bond donors (Lipinski definition) is 1. The molecule has 0 fully saturated rings. The quantitative estimate of drug-likeness (QED) is 0.748. The summed E-state index contributed by atoms with van der Waals surface area (Å²) in [5.74, 6) is 1.17. The Morgan fingerprint density at radius 3 is 1.71 bits per heavy atom. The standard InChI is InChI=1S/C12H29NS/c1-8-11(2,3)9-12(4,5)10-14(6,7)13/h8-10,13H2,1-7H3. The normalized spacial score (nSPS) is 15.7. The molecule has 0 rings (SSSR count). The zero-order valence-electron chi connectivity index (χ0n) is 11.1. The molecule has 0 aliphatic heterocycles. The van der Waals surface area contributed by atoms with Crippen molar-refractivity contribution in [2.24, 2.45) is 16.0 Å². The Hall–Kier alpha value is 0.310. The molecule has 0 radical (unpaired) electrons. The van der Waals surface area contributed by atoms with Crippen molar-refractivity contribution in [1.82, 2.24) is 0 Å². The zero-order chi connectivity index (χ0) is 11.6. The van der Waals surface area contributed by atoms with Gasteiger partial charge in [0.25, 0.3) is 0 Å². The lowest BCUT2D eigenvalue weighted by Gasteiger charge is -2.40. The van der Waals surface area contributed by atoms with Gasteiger partial charge in [0, 0.05) is 0 Å². The largest absolute Gasteiger partial charge is 0.295 e. The highest BCUT2D eigenvalue weighted by Crippen LogP contribution is 2.44. The molecule has 0 heterocycles. The van der Waals surface area contributed by atoms with E-state index in [1.807, 2.05) is 0 Å². The van der Waals surface area contributed by atoms with Crippen molar-refractivity contribution in [2.45, 2.75) is 47.5 Å². The molecule has 14 heavy (non-hydrogen) atoms. The molecule has 0 spiro atoms. The summed E-state index contributed by atoms with van der Waals surface area (Å²) < 4.78 is 0. The summed E-state index contributed by atoms with van der Waals surface area (Å²) in [6.07, 6.45) is 6.92. The van der Waals surface area contributed by atoms with Crippen LogP contribution in [0.25, 0.3) is 0 Å². The molecule has 1 nitrogen and oxygen atoms in total. The van der Waals surface area contributed by atoms with Gasteiger partial charge in [0.15, 0.2) is 0 Å². The summed E-state index contributed by atoms with van der Waals surface area (Å²) in [4.78, 5) is 0. The van der Waals surface area contributed by atoms with Gasteiger partial charge in [-0.05, 0) is 35.5 Å². The first-order chi connectivity index (χ1) is 5.97. The van der Waals surface area contributed by atoms with Gasteiger partial charge < -0.3 is 0 Å². The van der Waals surface area contributed by atoms with Crippen LogP contribution in [-0.4, -0.2) is 18.3 Å². The third-order valence-electron chi connectivity index (χ3n) is 2.68. The summed E-state index contributed by atoms with van der Waals surface area (Å²) in [6.45, 7) is 11.7.